The van der Waals surface area contributed by atoms with Crippen LogP contribution in [0.2, 0.25) is 0 Å². The fourth-order valence-electron chi connectivity index (χ4n) is 2.30. The molecule has 0 unspecified atom stereocenters. The Balaban J connectivity index is 1.87. The summed E-state index contributed by atoms with van der Waals surface area (Å²) < 4.78 is 13.7. The molecular weight excluding hydrogens is 215 g/mol. The summed E-state index contributed by atoms with van der Waals surface area (Å²) in [4.78, 5) is 2.35. The number of hydrogen-bond donors (Lipinski definition) is 1. The summed E-state index contributed by atoms with van der Waals surface area (Å²) in [5, 5.41) is 3.24. The van der Waals surface area contributed by atoms with E-state index in [9.17, 15) is 4.39 Å². The molecule has 0 radical (unpaired) electrons. The van der Waals surface area contributed by atoms with Gasteiger partial charge in [0.05, 0.1) is 5.69 Å². The van der Waals surface area contributed by atoms with Crippen LogP contribution in [-0.4, -0.2) is 31.6 Å². The molecule has 1 N–H and O–H groups in total. The molecule has 1 aliphatic rings. The number of hydrogen-bond acceptors (Lipinski definition) is 2. The first kappa shape index (κ1) is 12.4. The second-order valence-electron chi connectivity index (χ2n) is 5.06. The van der Waals surface area contributed by atoms with Gasteiger partial charge in [0.15, 0.2) is 0 Å². The van der Waals surface area contributed by atoms with Gasteiger partial charge in [0, 0.05) is 6.54 Å². The van der Waals surface area contributed by atoms with Crippen LogP contribution in [0, 0.1) is 18.7 Å². The highest BCUT2D eigenvalue weighted by atomic mass is 19.1. The fraction of sp³-hybridized carbons (Fsp3) is 0.571. The molecule has 0 aromatic heterocycles. The lowest BCUT2D eigenvalue weighted by Gasteiger charge is -2.29. The quantitative estimate of drug-likeness (QED) is 0.868. The van der Waals surface area contributed by atoms with Crippen molar-refractivity contribution in [1.29, 1.82) is 0 Å². The number of anilines is 1. The van der Waals surface area contributed by atoms with Gasteiger partial charge in [-0.15, -0.1) is 0 Å². The first-order chi connectivity index (χ1) is 8.16. The van der Waals surface area contributed by atoms with Crippen molar-refractivity contribution in [3.63, 3.8) is 0 Å². The molecule has 1 aliphatic heterocycles. The van der Waals surface area contributed by atoms with Gasteiger partial charge in [0.2, 0.25) is 0 Å². The lowest BCUT2D eigenvalue weighted by molar-refractivity contribution is 0.226. The Labute approximate surface area is 103 Å². The van der Waals surface area contributed by atoms with Crippen molar-refractivity contribution in [3.8, 4) is 0 Å². The highest BCUT2D eigenvalue weighted by molar-refractivity contribution is 5.47. The van der Waals surface area contributed by atoms with Crippen molar-refractivity contribution in [2.45, 2.75) is 19.8 Å². The van der Waals surface area contributed by atoms with Gasteiger partial charge in [-0.05, 0) is 57.5 Å². The molecule has 3 heteroatoms. The third-order valence-corrected chi connectivity index (χ3v) is 3.61. The van der Waals surface area contributed by atoms with E-state index in [0.29, 0.717) is 17.2 Å². The summed E-state index contributed by atoms with van der Waals surface area (Å²) in [5.74, 6) is 0.562. The first-order valence-electron chi connectivity index (χ1n) is 6.34. The normalized spacial score (nSPS) is 18.3. The summed E-state index contributed by atoms with van der Waals surface area (Å²) in [6.45, 7) is 5.00. The van der Waals surface area contributed by atoms with E-state index in [2.05, 4.69) is 17.3 Å². The molecule has 2 nitrogen and oxygen atoms in total. The Bertz CT molecular complexity index is 370. The average molecular weight is 236 g/mol. The van der Waals surface area contributed by atoms with Crippen LogP contribution in [0.15, 0.2) is 18.2 Å². The van der Waals surface area contributed by atoms with E-state index in [4.69, 9.17) is 0 Å². The van der Waals surface area contributed by atoms with E-state index in [1.54, 1.807) is 13.0 Å². The van der Waals surface area contributed by atoms with Crippen LogP contribution in [-0.2, 0) is 0 Å². The van der Waals surface area contributed by atoms with E-state index >= 15 is 0 Å². The summed E-state index contributed by atoms with van der Waals surface area (Å²) in [6, 6.07) is 5.52. The zero-order chi connectivity index (χ0) is 12.3. The lowest BCUT2D eigenvalue weighted by Crippen LogP contribution is -2.33. The van der Waals surface area contributed by atoms with E-state index in [0.717, 1.165) is 19.6 Å². The van der Waals surface area contributed by atoms with Gasteiger partial charge in [-0.3, -0.25) is 0 Å². The number of benzene rings is 1. The molecule has 2 rings (SSSR count). The maximum absolute atomic E-state index is 13.7. The van der Waals surface area contributed by atoms with E-state index in [-0.39, 0.29) is 5.82 Å². The van der Waals surface area contributed by atoms with Crippen molar-refractivity contribution in [2.24, 2.45) is 5.92 Å². The zero-order valence-electron chi connectivity index (χ0n) is 10.7. The van der Waals surface area contributed by atoms with Crippen LogP contribution >= 0.6 is 0 Å². The largest absolute Gasteiger partial charge is 0.382 e. The van der Waals surface area contributed by atoms with Crippen LogP contribution < -0.4 is 5.32 Å². The average Bonchev–Trinajstić information content (AvgIpc) is 2.33. The predicted octanol–water partition coefficient (Wildman–Crippen LogP) is 2.89. The van der Waals surface area contributed by atoms with Gasteiger partial charge in [-0.2, -0.15) is 0 Å². The Morgan fingerprint density at radius 3 is 2.76 bits per heavy atom. The minimum atomic E-state index is -0.111. The number of likely N-dealkylation sites (tertiary alicyclic amines) is 1. The Kier molecular flexibility index (Phi) is 4.00. The molecule has 1 aromatic carbocycles. The zero-order valence-corrected chi connectivity index (χ0v) is 10.7. The van der Waals surface area contributed by atoms with E-state index in [1.807, 2.05) is 12.1 Å². The number of nitrogens with zero attached hydrogens (tertiary/aromatic N) is 1. The molecule has 0 aliphatic carbocycles. The van der Waals surface area contributed by atoms with Crippen LogP contribution in [0.4, 0.5) is 10.1 Å². The van der Waals surface area contributed by atoms with Crippen molar-refractivity contribution in [2.75, 3.05) is 32.0 Å². The molecule has 0 atom stereocenters. The van der Waals surface area contributed by atoms with Crippen LogP contribution in [0.5, 0.6) is 0 Å². The lowest BCUT2D eigenvalue weighted by atomic mass is 9.97. The highest BCUT2D eigenvalue weighted by Crippen LogP contribution is 2.20. The smallest absolute Gasteiger partial charge is 0.149 e. The van der Waals surface area contributed by atoms with Crippen LogP contribution in [0.3, 0.4) is 0 Å². The monoisotopic (exact) mass is 236 g/mol. The summed E-state index contributed by atoms with van der Waals surface area (Å²) in [7, 11) is 2.16. The summed E-state index contributed by atoms with van der Waals surface area (Å²) in [6.07, 6.45) is 2.41. The van der Waals surface area contributed by atoms with Crippen LogP contribution in [0.25, 0.3) is 0 Å². The number of rotatable bonds is 3. The maximum atomic E-state index is 13.7. The molecule has 1 heterocycles. The molecule has 0 saturated carbocycles. The van der Waals surface area contributed by atoms with E-state index in [1.165, 1.54) is 12.8 Å². The number of nitrogens with one attached hydrogen (secondary N) is 1. The van der Waals surface area contributed by atoms with Gasteiger partial charge in [-0.1, -0.05) is 12.1 Å². The SMILES string of the molecule is Cc1cccc(NCC2CCN(C)CC2)c1F. The summed E-state index contributed by atoms with van der Waals surface area (Å²) in [5.41, 5.74) is 1.35. The van der Waals surface area contributed by atoms with Gasteiger partial charge < -0.3 is 10.2 Å². The van der Waals surface area contributed by atoms with Crippen molar-refractivity contribution < 1.29 is 4.39 Å². The first-order valence-corrected chi connectivity index (χ1v) is 6.34. The second-order valence-corrected chi connectivity index (χ2v) is 5.06. The Hall–Kier alpha value is -1.09. The van der Waals surface area contributed by atoms with Crippen molar-refractivity contribution in [3.05, 3.63) is 29.6 Å². The molecule has 1 fully saturated rings. The topological polar surface area (TPSA) is 15.3 Å². The standard InChI is InChI=1S/C14H21FN2/c1-11-4-3-5-13(14(11)15)16-10-12-6-8-17(2)9-7-12/h3-5,12,16H,6-10H2,1-2H3. The molecule has 1 saturated heterocycles. The third kappa shape index (κ3) is 3.19. The van der Waals surface area contributed by atoms with Gasteiger partial charge in [0.1, 0.15) is 5.82 Å². The molecule has 0 spiro atoms. The molecule has 0 bridgehead atoms. The Morgan fingerprint density at radius 2 is 2.06 bits per heavy atom. The number of aryl methyl sites for hydroxylation is 1. The van der Waals surface area contributed by atoms with E-state index < -0.39 is 0 Å². The minimum Gasteiger partial charge on any atom is -0.382 e. The summed E-state index contributed by atoms with van der Waals surface area (Å²) >= 11 is 0. The van der Waals surface area contributed by atoms with Crippen molar-refractivity contribution >= 4 is 5.69 Å². The van der Waals surface area contributed by atoms with Gasteiger partial charge in [0.25, 0.3) is 0 Å². The minimum absolute atomic E-state index is 0.111. The third-order valence-electron chi connectivity index (χ3n) is 3.61. The molecule has 94 valence electrons. The molecule has 1 aromatic rings. The maximum Gasteiger partial charge on any atom is 0.149 e. The number of piperidine rings is 1. The second kappa shape index (κ2) is 5.50. The highest BCUT2D eigenvalue weighted by Gasteiger charge is 2.16. The predicted molar refractivity (Wildman–Crippen MR) is 69.8 cm³/mol. The fourth-order valence-corrected chi connectivity index (χ4v) is 2.30. The van der Waals surface area contributed by atoms with Gasteiger partial charge in [-0.25, -0.2) is 4.39 Å². The molecular formula is C14H21FN2. The van der Waals surface area contributed by atoms with Crippen LogP contribution in [0.1, 0.15) is 18.4 Å². The van der Waals surface area contributed by atoms with Crippen molar-refractivity contribution in [1.82, 2.24) is 4.90 Å². The molecule has 17 heavy (non-hydrogen) atoms. The Morgan fingerprint density at radius 1 is 1.35 bits per heavy atom. The van der Waals surface area contributed by atoms with Gasteiger partial charge >= 0.3 is 0 Å². The number of halogens is 1. The molecule has 0 amide bonds.